The number of aliphatic hydroxyl groups is 1. The fourth-order valence-corrected chi connectivity index (χ4v) is 3.35. The Labute approximate surface area is 105 Å². The molecular formula is C14H27NO2. The maximum Gasteiger partial charge on any atom is 0.0589 e. The van der Waals surface area contributed by atoms with E-state index in [1.165, 1.54) is 25.8 Å². The van der Waals surface area contributed by atoms with Gasteiger partial charge < -0.3 is 9.84 Å². The zero-order valence-electron chi connectivity index (χ0n) is 11.5. The Morgan fingerprint density at radius 2 is 2.06 bits per heavy atom. The SMILES string of the molecule is CC.COCC1(CN2CC3CC3C2CO)CC1. The molecule has 3 rings (SSSR count). The fraction of sp³-hybridized carbons (Fsp3) is 1.00. The topological polar surface area (TPSA) is 32.7 Å². The van der Waals surface area contributed by atoms with E-state index in [0.29, 0.717) is 18.1 Å². The number of likely N-dealkylation sites (tertiary alicyclic amines) is 1. The molecule has 0 spiro atoms. The fourth-order valence-electron chi connectivity index (χ4n) is 3.35. The highest BCUT2D eigenvalue weighted by Gasteiger charge is 2.55. The van der Waals surface area contributed by atoms with E-state index in [9.17, 15) is 5.11 Å². The van der Waals surface area contributed by atoms with Gasteiger partial charge in [-0.05, 0) is 31.1 Å². The molecule has 1 heterocycles. The molecule has 1 N–H and O–H groups in total. The second-order valence-electron chi connectivity index (χ2n) is 5.77. The van der Waals surface area contributed by atoms with E-state index in [1.807, 2.05) is 13.8 Å². The van der Waals surface area contributed by atoms with Gasteiger partial charge in [-0.25, -0.2) is 0 Å². The number of nitrogens with zero attached hydrogens (tertiary/aromatic N) is 1. The van der Waals surface area contributed by atoms with Gasteiger partial charge in [0.1, 0.15) is 0 Å². The highest BCUT2D eigenvalue weighted by molar-refractivity contribution is 5.07. The molecular weight excluding hydrogens is 214 g/mol. The Kier molecular flexibility index (Phi) is 4.11. The van der Waals surface area contributed by atoms with Crippen LogP contribution in [0, 0.1) is 17.3 Å². The van der Waals surface area contributed by atoms with E-state index in [4.69, 9.17) is 4.74 Å². The van der Waals surface area contributed by atoms with Crippen LogP contribution in [0.2, 0.25) is 0 Å². The molecule has 17 heavy (non-hydrogen) atoms. The first-order valence-electron chi connectivity index (χ1n) is 7.12. The molecule has 1 saturated heterocycles. The average molecular weight is 241 g/mol. The van der Waals surface area contributed by atoms with Crippen molar-refractivity contribution in [2.45, 2.75) is 39.2 Å². The summed E-state index contributed by atoms with van der Waals surface area (Å²) in [6.45, 7) is 7.63. The molecule has 3 nitrogen and oxygen atoms in total. The second-order valence-corrected chi connectivity index (χ2v) is 5.77. The van der Waals surface area contributed by atoms with Crippen LogP contribution in [-0.4, -0.2) is 49.5 Å². The third kappa shape index (κ3) is 2.67. The molecule has 0 aromatic heterocycles. The van der Waals surface area contributed by atoms with Crippen molar-refractivity contribution in [3.63, 3.8) is 0 Å². The Bertz CT molecular complexity index is 253. The monoisotopic (exact) mass is 241 g/mol. The molecule has 0 radical (unpaired) electrons. The highest BCUT2D eigenvalue weighted by atomic mass is 16.5. The minimum atomic E-state index is 0.351. The van der Waals surface area contributed by atoms with E-state index in [0.717, 1.165) is 25.0 Å². The largest absolute Gasteiger partial charge is 0.395 e. The predicted octanol–water partition coefficient (Wildman–Crippen LogP) is 1.75. The maximum absolute atomic E-state index is 9.41. The number of piperidine rings is 1. The van der Waals surface area contributed by atoms with Crippen LogP contribution in [0.5, 0.6) is 0 Å². The number of ether oxygens (including phenoxy) is 1. The van der Waals surface area contributed by atoms with Gasteiger partial charge in [-0.3, -0.25) is 4.90 Å². The molecule has 2 aliphatic carbocycles. The molecule has 3 heteroatoms. The first kappa shape index (κ1) is 13.3. The highest BCUT2D eigenvalue weighted by Crippen LogP contribution is 2.53. The lowest BCUT2D eigenvalue weighted by Gasteiger charge is -2.29. The second kappa shape index (κ2) is 5.25. The van der Waals surface area contributed by atoms with Gasteiger partial charge in [0, 0.05) is 31.7 Å². The van der Waals surface area contributed by atoms with Crippen LogP contribution < -0.4 is 0 Å². The van der Waals surface area contributed by atoms with Crippen molar-refractivity contribution in [1.82, 2.24) is 4.90 Å². The molecule has 0 bridgehead atoms. The normalized spacial score (nSPS) is 37.1. The summed E-state index contributed by atoms with van der Waals surface area (Å²) in [5.41, 5.74) is 0.443. The van der Waals surface area contributed by atoms with Crippen molar-refractivity contribution in [2.24, 2.45) is 17.3 Å². The van der Waals surface area contributed by atoms with E-state index in [-0.39, 0.29) is 0 Å². The van der Waals surface area contributed by atoms with E-state index in [1.54, 1.807) is 7.11 Å². The van der Waals surface area contributed by atoms with Gasteiger partial charge in [-0.1, -0.05) is 13.8 Å². The van der Waals surface area contributed by atoms with Crippen LogP contribution in [0.4, 0.5) is 0 Å². The first-order valence-corrected chi connectivity index (χ1v) is 7.12. The summed E-state index contributed by atoms with van der Waals surface area (Å²) in [7, 11) is 1.80. The molecule has 3 aliphatic rings. The number of aliphatic hydroxyl groups excluding tert-OH is 1. The summed E-state index contributed by atoms with van der Waals surface area (Å²) in [5, 5.41) is 9.41. The lowest BCUT2D eigenvalue weighted by Crippen LogP contribution is -2.40. The molecule has 2 saturated carbocycles. The minimum absolute atomic E-state index is 0.351. The summed E-state index contributed by atoms with van der Waals surface area (Å²) in [6.07, 6.45) is 3.98. The predicted molar refractivity (Wildman–Crippen MR) is 68.9 cm³/mol. The van der Waals surface area contributed by atoms with Crippen molar-refractivity contribution in [1.29, 1.82) is 0 Å². The summed E-state index contributed by atoms with van der Waals surface area (Å²) in [5.74, 6) is 1.72. The molecule has 1 aliphatic heterocycles. The van der Waals surface area contributed by atoms with Crippen molar-refractivity contribution in [2.75, 3.05) is 33.4 Å². The van der Waals surface area contributed by atoms with Crippen molar-refractivity contribution < 1.29 is 9.84 Å². The van der Waals surface area contributed by atoms with Crippen molar-refractivity contribution >= 4 is 0 Å². The summed E-state index contributed by atoms with van der Waals surface area (Å²) in [6, 6.07) is 0.462. The number of hydrogen-bond acceptors (Lipinski definition) is 3. The van der Waals surface area contributed by atoms with Crippen LogP contribution in [0.15, 0.2) is 0 Å². The van der Waals surface area contributed by atoms with Gasteiger partial charge in [0.15, 0.2) is 0 Å². The lowest BCUT2D eigenvalue weighted by molar-refractivity contribution is 0.0765. The summed E-state index contributed by atoms with van der Waals surface area (Å²) in [4.78, 5) is 2.52. The quantitative estimate of drug-likeness (QED) is 0.796. The number of hydrogen-bond donors (Lipinski definition) is 1. The Hall–Kier alpha value is -0.120. The Morgan fingerprint density at radius 3 is 2.59 bits per heavy atom. The first-order chi connectivity index (χ1) is 8.28. The molecule has 0 amide bonds. The van der Waals surface area contributed by atoms with Crippen molar-refractivity contribution in [3.8, 4) is 0 Å². The Balaban J connectivity index is 0.000000514. The van der Waals surface area contributed by atoms with E-state index in [2.05, 4.69) is 4.90 Å². The van der Waals surface area contributed by atoms with Crippen LogP contribution >= 0.6 is 0 Å². The zero-order chi connectivity index (χ0) is 12.5. The lowest BCUT2D eigenvalue weighted by atomic mass is 10.1. The molecule has 100 valence electrons. The van der Waals surface area contributed by atoms with Crippen molar-refractivity contribution in [3.05, 3.63) is 0 Å². The Morgan fingerprint density at radius 1 is 1.35 bits per heavy atom. The smallest absolute Gasteiger partial charge is 0.0589 e. The third-order valence-electron chi connectivity index (χ3n) is 4.54. The van der Waals surface area contributed by atoms with Gasteiger partial charge in [0.25, 0.3) is 0 Å². The van der Waals surface area contributed by atoms with Gasteiger partial charge in [0.2, 0.25) is 0 Å². The molecule has 3 unspecified atom stereocenters. The zero-order valence-corrected chi connectivity index (χ0v) is 11.5. The number of fused-ring (bicyclic) bond motifs is 1. The minimum Gasteiger partial charge on any atom is -0.395 e. The maximum atomic E-state index is 9.41. The molecule has 3 atom stereocenters. The van der Waals surface area contributed by atoms with Gasteiger partial charge in [0.05, 0.1) is 13.2 Å². The standard InChI is InChI=1S/C12H21NO2.C2H6/c1-15-8-12(2-3-12)7-13-5-9-4-10(9)11(13)6-14;1-2/h9-11,14H,2-8H2,1H3;1-2H3. The average Bonchev–Trinajstić information content (AvgIpc) is 3.24. The summed E-state index contributed by atoms with van der Waals surface area (Å²) >= 11 is 0. The third-order valence-corrected chi connectivity index (χ3v) is 4.54. The van der Waals surface area contributed by atoms with Gasteiger partial charge in [-0.2, -0.15) is 0 Å². The van der Waals surface area contributed by atoms with Crippen LogP contribution in [0.25, 0.3) is 0 Å². The van der Waals surface area contributed by atoms with Gasteiger partial charge in [-0.15, -0.1) is 0 Å². The number of methoxy groups -OCH3 is 1. The summed E-state index contributed by atoms with van der Waals surface area (Å²) < 4.78 is 5.30. The van der Waals surface area contributed by atoms with E-state index < -0.39 is 0 Å². The van der Waals surface area contributed by atoms with Crippen LogP contribution in [0.3, 0.4) is 0 Å². The van der Waals surface area contributed by atoms with Crippen LogP contribution in [-0.2, 0) is 4.74 Å². The van der Waals surface area contributed by atoms with Crippen LogP contribution in [0.1, 0.15) is 33.1 Å². The molecule has 0 aromatic carbocycles. The number of rotatable bonds is 5. The molecule has 0 aromatic rings. The van der Waals surface area contributed by atoms with Gasteiger partial charge >= 0.3 is 0 Å². The molecule has 3 fully saturated rings. The van der Waals surface area contributed by atoms with E-state index >= 15 is 0 Å².